The van der Waals surface area contributed by atoms with Crippen molar-refractivity contribution in [3.8, 4) is 5.75 Å². The Morgan fingerprint density at radius 2 is 1.92 bits per heavy atom. The molecular weight excluding hydrogens is 338 g/mol. The van der Waals surface area contributed by atoms with Gasteiger partial charge in [0.25, 0.3) is 11.1 Å². The van der Waals surface area contributed by atoms with E-state index in [1.807, 2.05) is 12.1 Å². The Morgan fingerprint density at radius 1 is 1.16 bits per heavy atom. The normalized spacial score (nSPS) is 15.6. The standard InChI is InChI=1S/C18H25N3O3S/c1-14(2)15-3-5-16(6-4-15)23-13-17-19-20-18(24-17)25-12-9-21-7-10-22-11-8-21/h3-6,14H,7-13H2,1-2H3. The number of morpholine rings is 1. The van der Waals surface area contributed by atoms with E-state index < -0.39 is 0 Å². The van der Waals surface area contributed by atoms with Gasteiger partial charge >= 0.3 is 0 Å². The molecular formula is C18H25N3O3S. The number of ether oxygens (including phenoxy) is 2. The summed E-state index contributed by atoms with van der Waals surface area (Å²) in [7, 11) is 0. The first kappa shape index (κ1) is 18.2. The predicted octanol–water partition coefficient (Wildman–Crippen LogP) is 3.20. The van der Waals surface area contributed by atoms with Gasteiger partial charge in [-0.05, 0) is 23.6 Å². The highest BCUT2D eigenvalue weighted by atomic mass is 32.2. The second-order valence-electron chi connectivity index (χ2n) is 6.28. The number of hydrogen-bond donors (Lipinski definition) is 0. The van der Waals surface area contributed by atoms with Gasteiger partial charge in [-0.3, -0.25) is 4.90 Å². The van der Waals surface area contributed by atoms with Crippen LogP contribution in [-0.4, -0.2) is 53.7 Å². The molecule has 0 spiro atoms. The van der Waals surface area contributed by atoms with E-state index in [1.54, 1.807) is 11.8 Å². The molecule has 0 saturated carbocycles. The van der Waals surface area contributed by atoms with Crippen molar-refractivity contribution in [3.05, 3.63) is 35.7 Å². The van der Waals surface area contributed by atoms with Crippen molar-refractivity contribution >= 4 is 11.8 Å². The fraction of sp³-hybridized carbons (Fsp3) is 0.556. The van der Waals surface area contributed by atoms with E-state index in [2.05, 4.69) is 41.1 Å². The van der Waals surface area contributed by atoms with Crippen LogP contribution in [0.5, 0.6) is 5.75 Å². The van der Waals surface area contributed by atoms with Gasteiger partial charge < -0.3 is 13.9 Å². The lowest BCUT2D eigenvalue weighted by Gasteiger charge is -2.25. The first-order valence-corrected chi connectivity index (χ1v) is 9.67. The average molecular weight is 363 g/mol. The number of rotatable bonds is 8. The Kier molecular flexibility index (Phi) is 6.72. The van der Waals surface area contributed by atoms with Gasteiger partial charge in [0.2, 0.25) is 0 Å². The maximum Gasteiger partial charge on any atom is 0.276 e. The third kappa shape index (κ3) is 5.73. The second kappa shape index (κ2) is 9.22. The number of nitrogens with zero attached hydrogens (tertiary/aromatic N) is 3. The second-order valence-corrected chi connectivity index (χ2v) is 7.32. The molecule has 136 valence electrons. The lowest BCUT2D eigenvalue weighted by molar-refractivity contribution is 0.0410. The van der Waals surface area contributed by atoms with Crippen molar-refractivity contribution in [2.24, 2.45) is 0 Å². The minimum absolute atomic E-state index is 0.290. The molecule has 0 N–H and O–H groups in total. The highest BCUT2D eigenvalue weighted by Gasteiger charge is 2.12. The lowest BCUT2D eigenvalue weighted by atomic mass is 10.0. The third-order valence-corrected chi connectivity index (χ3v) is 4.89. The van der Waals surface area contributed by atoms with Crippen LogP contribution in [0, 0.1) is 0 Å². The van der Waals surface area contributed by atoms with Gasteiger partial charge in [-0.15, -0.1) is 10.2 Å². The number of benzene rings is 1. The molecule has 0 atom stereocenters. The van der Waals surface area contributed by atoms with Crippen molar-refractivity contribution in [2.75, 3.05) is 38.6 Å². The first-order chi connectivity index (χ1) is 12.2. The SMILES string of the molecule is CC(C)c1ccc(OCc2nnc(SCCN3CCOCC3)o2)cc1. The summed E-state index contributed by atoms with van der Waals surface area (Å²) >= 11 is 1.58. The van der Waals surface area contributed by atoms with Crippen molar-refractivity contribution in [2.45, 2.75) is 31.6 Å². The third-order valence-electron chi connectivity index (χ3n) is 4.09. The van der Waals surface area contributed by atoms with Gasteiger partial charge in [0.1, 0.15) is 5.75 Å². The van der Waals surface area contributed by atoms with E-state index in [0.29, 0.717) is 17.0 Å². The van der Waals surface area contributed by atoms with Crippen LogP contribution in [0.2, 0.25) is 0 Å². The zero-order valence-electron chi connectivity index (χ0n) is 14.8. The number of hydrogen-bond acceptors (Lipinski definition) is 7. The van der Waals surface area contributed by atoms with Crippen molar-refractivity contribution < 1.29 is 13.9 Å². The van der Waals surface area contributed by atoms with E-state index >= 15 is 0 Å². The molecule has 2 heterocycles. The van der Waals surface area contributed by atoms with Crippen LogP contribution in [0.1, 0.15) is 31.2 Å². The Bertz CT molecular complexity index is 639. The molecule has 1 fully saturated rings. The summed E-state index contributed by atoms with van der Waals surface area (Å²) in [5, 5.41) is 8.72. The smallest absolute Gasteiger partial charge is 0.276 e. The van der Waals surface area contributed by atoms with Gasteiger partial charge in [-0.25, -0.2) is 0 Å². The highest BCUT2D eigenvalue weighted by Crippen LogP contribution is 2.20. The van der Waals surface area contributed by atoms with Gasteiger partial charge in [-0.1, -0.05) is 37.7 Å². The van der Waals surface area contributed by atoms with E-state index in [0.717, 1.165) is 44.4 Å². The Morgan fingerprint density at radius 3 is 2.64 bits per heavy atom. The maximum atomic E-state index is 5.71. The Labute approximate surface area is 152 Å². The molecule has 1 saturated heterocycles. The van der Waals surface area contributed by atoms with Crippen LogP contribution in [0.3, 0.4) is 0 Å². The summed E-state index contributed by atoms with van der Waals surface area (Å²) in [5.41, 5.74) is 1.30. The van der Waals surface area contributed by atoms with E-state index in [-0.39, 0.29) is 6.61 Å². The van der Waals surface area contributed by atoms with Gasteiger partial charge in [0.15, 0.2) is 6.61 Å². The monoisotopic (exact) mass is 363 g/mol. The molecule has 0 bridgehead atoms. The molecule has 1 aliphatic heterocycles. The van der Waals surface area contributed by atoms with Gasteiger partial charge in [0, 0.05) is 25.4 Å². The quantitative estimate of drug-likeness (QED) is 0.668. The van der Waals surface area contributed by atoms with Gasteiger partial charge in [0.05, 0.1) is 13.2 Å². The van der Waals surface area contributed by atoms with E-state index in [1.165, 1.54) is 5.56 Å². The lowest BCUT2D eigenvalue weighted by Crippen LogP contribution is -2.37. The van der Waals surface area contributed by atoms with Crippen LogP contribution in [0.25, 0.3) is 0 Å². The summed E-state index contributed by atoms with van der Waals surface area (Å²) < 4.78 is 16.7. The zero-order chi connectivity index (χ0) is 17.5. The Hall–Kier alpha value is -1.57. The summed E-state index contributed by atoms with van der Waals surface area (Å²) in [6.45, 7) is 9.29. The molecule has 0 radical (unpaired) electrons. The summed E-state index contributed by atoms with van der Waals surface area (Å²) in [6.07, 6.45) is 0. The van der Waals surface area contributed by atoms with E-state index in [4.69, 9.17) is 13.9 Å². The summed E-state index contributed by atoms with van der Waals surface area (Å²) in [4.78, 5) is 2.39. The van der Waals surface area contributed by atoms with Crippen LogP contribution < -0.4 is 4.74 Å². The predicted molar refractivity (Wildman–Crippen MR) is 97.1 cm³/mol. The van der Waals surface area contributed by atoms with Crippen molar-refractivity contribution in [1.82, 2.24) is 15.1 Å². The van der Waals surface area contributed by atoms with Crippen LogP contribution in [-0.2, 0) is 11.3 Å². The molecule has 2 aromatic rings. The minimum atomic E-state index is 0.290. The molecule has 1 aromatic heterocycles. The van der Waals surface area contributed by atoms with Crippen LogP contribution in [0.4, 0.5) is 0 Å². The zero-order valence-corrected chi connectivity index (χ0v) is 15.6. The fourth-order valence-corrected chi connectivity index (χ4v) is 3.31. The van der Waals surface area contributed by atoms with Crippen molar-refractivity contribution in [1.29, 1.82) is 0 Å². The largest absolute Gasteiger partial charge is 0.484 e. The maximum absolute atomic E-state index is 5.71. The average Bonchev–Trinajstić information content (AvgIpc) is 3.09. The van der Waals surface area contributed by atoms with Crippen LogP contribution in [0.15, 0.2) is 33.9 Å². The molecule has 1 aliphatic rings. The summed E-state index contributed by atoms with van der Waals surface area (Å²) in [5.74, 6) is 2.76. The fourth-order valence-electron chi connectivity index (χ4n) is 2.54. The van der Waals surface area contributed by atoms with E-state index in [9.17, 15) is 0 Å². The summed E-state index contributed by atoms with van der Waals surface area (Å²) in [6, 6.07) is 8.12. The molecule has 0 unspecified atom stereocenters. The highest BCUT2D eigenvalue weighted by molar-refractivity contribution is 7.99. The molecule has 0 amide bonds. The molecule has 6 nitrogen and oxygen atoms in total. The molecule has 25 heavy (non-hydrogen) atoms. The first-order valence-electron chi connectivity index (χ1n) is 8.69. The molecule has 7 heteroatoms. The number of aromatic nitrogens is 2. The van der Waals surface area contributed by atoms with Gasteiger partial charge in [-0.2, -0.15) is 0 Å². The molecule has 0 aliphatic carbocycles. The Balaban J connectivity index is 1.40. The van der Waals surface area contributed by atoms with Crippen LogP contribution >= 0.6 is 11.8 Å². The number of thioether (sulfide) groups is 1. The minimum Gasteiger partial charge on any atom is -0.484 e. The topological polar surface area (TPSA) is 60.6 Å². The molecule has 3 rings (SSSR count). The van der Waals surface area contributed by atoms with Crippen molar-refractivity contribution in [3.63, 3.8) is 0 Å². The molecule has 1 aromatic carbocycles.